The van der Waals surface area contributed by atoms with Crippen molar-refractivity contribution in [3.63, 3.8) is 0 Å². The molecule has 150 valence electrons. The van der Waals surface area contributed by atoms with Crippen LogP contribution < -0.4 is 5.32 Å². The number of fused-ring (bicyclic) bond motifs is 1. The number of rotatable bonds is 4. The summed E-state index contributed by atoms with van der Waals surface area (Å²) in [6, 6.07) is 10.8. The normalized spacial score (nSPS) is 14.4. The van der Waals surface area contributed by atoms with E-state index in [1.165, 1.54) is 16.4 Å². The van der Waals surface area contributed by atoms with Crippen molar-refractivity contribution < 1.29 is 22.0 Å². The molecule has 6 nitrogen and oxygen atoms in total. The molecule has 10 heteroatoms. The number of nitrogens with zero attached hydrogens (tertiary/aromatic N) is 2. The van der Waals surface area contributed by atoms with E-state index in [2.05, 4.69) is 10.3 Å². The average Bonchev–Trinajstić information content (AvgIpc) is 3.11. The first kappa shape index (κ1) is 19.6. The number of thiazole rings is 1. The zero-order valence-electron chi connectivity index (χ0n) is 14.9. The van der Waals surface area contributed by atoms with Gasteiger partial charge in [0.15, 0.2) is 5.13 Å². The molecule has 0 unspecified atom stereocenters. The summed E-state index contributed by atoms with van der Waals surface area (Å²) in [6.07, 6.45) is 0.391. The Labute approximate surface area is 169 Å². The van der Waals surface area contributed by atoms with Gasteiger partial charge < -0.3 is 0 Å². The number of amides is 1. The maximum atomic E-state index is 13.8. The third-order valence-corrected chi connectivity index (χ3v) is 7.33. The number of hydrogen-bond acceptors (Lipinski definition) is 5. The summed E-state index contributed by atoms with van der Waals surface area (Å²) in [5.74, 6) is -2.39. The molecule has 1 aliphatic heterocycles. The highest BCUT2D eigenvalue weighted by Gasteiger charge is 2.30. The Bertz CT molecular complexity index is 1180. The van der Waals surface area contributed by atoms with Crippen LogP contribution in [0.1, 0.15) is 20.9 Å². The third kappa shape index (κ3) is 3.91. The van der Waals surface area contributed by atoms with Crippen LogP contribution in [-0.4, -0.2) is 30.2 Å². The van der Waals surface area contributed by atoms with Crippen molar-refractivity contribution in [2.24, 2.45) is 0 Å². The summed E-state index contributed by atoms with van der Waals surface area (Å²) in [5, 5.41) is 2.67. The van der Waals surface area contributed by atoms with Crippen molar-refractivity contribution >= 4 is 32.4 Å². The highest BCUT2D eigenvalue weighted by Crippen LogP contribution is 2.31. The number of hydrogen-bond donors (Lipinski definition) is 1. The van der Waals surface area contributed by atoms with Crippen molar-refractivity contribution in [3.8, 4) is 0 Å². The van der Waals surface area contributed by atoms with Gasteiger partial charge in [0, 0.05) is 17.8 Å². The number of halogens is 2. The van der Waals surface area contributed by atoms with Crippen LogP contribution >= 0.6 is 11.3 Å². The first-order chi connectivity index (χ1) is 13.8. The molecule has 2 heterocycles. The maximum Gasteiger partial charge on any atom is 0.260 e. The lowest BCUT2D eigenvalue weighted by Crippen LogP contribution is -2.35. The van der Waals surface area contributed by atoms with E-state index in [-0.39, 0.29) is 23.1 Å². The van der Waals surface area contributed by atoms with Gasteiger partial charge in [-0.05, 0) is 30.3 Å². The lowest BCUT2D eigenvalue weighted by atomic mass is 10.2. The van der Waals surface area contributed by atoms with Gasteiger partial charge in [0.2, 0.25) is 10.0 Å². The molecule has 2 aromatic carbocycles. The van der Waals surface area contributed by atoms with Crippen LogP contribution in [0.4, 0.5) is 13.9 Å². The number of benzene rings is 2. The van der Waals surface area contributed by atoms with Crippen LogP contribution in [-0.2, 0) is 23.0 Å². The van der Waals surface area contributed by atoms with Crippen LogP contribution in [0.5, 0.6) is 0 Å². The quantitative estimate of drug-likeness (QED) is 0.681. The van der Waals surface area contributed by atoms with Crippen LogP contribution in [0.15, 0.2) is 53.4 Å². The van der Waals surface area contributed by atoms with Gasteiger partial charge in [0.25, 0.3) is 5.91 Å². The van der Waals surface area contributed by atoms with Gasteiger partial charge in [0.1, 0.15) is 11.6 Å². The number of carbonyl (C=O) groups is 1. The molecule has 0 atom stereocenters. The van der Waals surface area contributed by atoms with Crippen LogP contribution in [0.2, 0.25) is 0 Å². The van der Waals surface area contributed by atoms with Gasteiger partial charge >= 0.3 is 0 Å². The molecule has 0 fully saturated rings. The van der Waals surface area contributed by atoms with Gasteiger partial charge in [-0.3, -0.25) is 10.1 Å². The van der Waals surface area contributed by atoms with E-state index in [0.29, 0.717) is 17.0 Å². The average molecular weight is 435 g/mol. The van der Waals surface area contributed by atoms with E-state index in [1.54, 1.807) is 18.2 Å². The Balaban J connectivity index is 1.53. The summed E-state index contributed by atoms with van der Waals surface area (Å²) in [7, 11) is -3.64. The van der Waals surface area contributed by atoms with E-state index in [1.807, 2.05) is 0 Å². The predicted molar refractivity (Wildman–Crippen MR) is 104 cm³/mol. The molecule has 0 aliphatic carbocycles. The van der Waals surface area contributed by atoms with E-state index < -0.39 is 33.1 Å². The number of anilines is 1. The third-order valence-electron chi connectivity index (χ3n) is 4.47. The van der Waals surface area contributed by atoms with Crippen LogP contribution in [0.25, 0.3) is 0 Å². The zero-order valence-corrected chi connectivity index (χ0v) is 16.6. The molecule has 3 aromatic rings. The fraction of sp³-hybridized carbons (Fsp3) is 0.158. The predicted octanol–water partition coefficient (Wildman–Crippen LogP) is 3.42. The molecule has 0 saturated heterocycles. The van der Waals surface area contributed by atoms with Crippen LogP contribution in [0, 0.1) is 11.6 Å². The Hall–Kier alpha value is -2.69. The van der Waals surface area contributed by atoms with Gasteiger partial charge in [-0.2, -0.15) is 4.31 Å². The lowest BCUT2D eigenvalue weighted by molar-refractivity contribution is 0.102. The molecule has 1 N–H and O–H groups in total. The van der Waals surface area contributed by atoms with E-state index >= 15 is 0 Å². The van der Waals surface area contributed by atoms with Crippen molar-refractivity contribution in [2.75, 3.05) is 11.9 Å². The summed E-state index contributed by atoms with van der Waals surface area (Å²) in [6.45, 7) is 0.397. The minimum absolute atomic E-state index is 0.133. The molecular weight excluding hydrogens is 420 g/mol. The number of carbonyl (C=O) groups excluding carboxylic acids is 1. The number of sulfonamides is 1. The van der Waals surface area contributed by atoms with Gasteiger partial charge in [0.05, 0.1) is 22.7 Å². The first-order valence-corrected chi connectivity index (χ1v) is 10.9. The molecule has 0 radical (unpaired) electrons. The molecular formula is C19H15F2N3O3S2. The molecule has 4 rings (SSSR count). The standard InChI is InChI=1S/C19H15F2N3O3S2/c20-12-6-7-15(21)14(10-12)18(25)23-19-22-16-8-9-24(11-17(16)28-19)29(26,27)13-4-2-1-3-5-13/h1-7,10H,8-9,11H2,(H,22,23,25). The monoisotopic (exact) mass is 435 g/mol. The second kappa shape index (κ2) is 7.62. The molecule has 1 amide bonds. The topological polar surface area (TPSA) is 79.4 Å². The summed E-state index contributed by atoms with van der Waals surface area (Å²) < 4.78 is 54.0. The van der Waals surface area contributed by atoms with E-state index in [4.69, 9.17) is 0 Å². The Kier molecular flexibility index (Phi) is 5.15. The molecule has 0 spiro atoms. The van der Waals surface area contributed by atoms with Crippen molar-refractivity contribution in [3.05, 3.63) is 76.3 Å². The second-order valence-corrected chi connectivity index (χ2v) is 9.39. The highest BCUT2D eigenvalue weighted by atomic mass is 32.2. The first-order valence-electron chi connectivity index (χ1n) is 8.65. The maximum absolute atomic E-state index is 13.8. The molecule has 0 saturated carbocycles. The second-order valence-electron chi connectivity index (χ2n) is 6.37. The molecule has 1 aromatic heterocycles. The largest absolute Gasteiger partial charge is 0.298 e. The molecule has 1 aliphatic rings. The Morgan fingerprint density at radius 1 is 1.14 bits per heavy atom. The van der Waals surface area contributed by atoms with Gasteiger partial charge in [-0.15, -0.1) is 11.3 Å². The van der Waals surface area contributed by atoms with Crippen molar-refractivity contribution in [1.29, 1.82) is 0 Å². The molecule has 0 bridgehead atoms. The summed E-state index contributed by atoms with van der Waals surface area (Å²) in [5.41, 5.74) is 0.260. The van der Waals surface area contributed by atoms with Gasteiger partial charge in [-0.1, -0.05) is 18.2 Å². The smallest absolute Gasteiger partial charge is 0.260 e. The lowest BCUT2D eigenvalue weighted by Gasteiger charge is -2.25. The zero-order chi connectivity index (χ0) is 20.6. The van der Waals surface area contributed by atoms with Crippen LogP contribution in [0.3, 0.4) is 0 Å². The van der Waals surface area contributed by atoms with Crippen molar-refractivity contribution in [1.82, 2.24) is 9.29 Å². The Morgan fingerprint density at radius 3 is 2.66 bits per heavy atom. The summed E-state index contributed by atoms with van der Waals surface area (Å²) >= 11 is 1.12. The van der Waals surface area contributed by atoms with E-state index in [9.17, 15) is 22.0 Å². The van der Waals surface area contributed by atoms with Gasteiger partial charge in [-0.25, -0.2) is 22.2 Å². The minimum atomic E-state index is -3.64. The number of aromatic nitrogens is 1. The van der Waals surface area contributed by atoms with Crippen molar-refractivity contribution in [2.45, 2.75) is 17.9 Å². The SMILES string of the molecule is O=C(Nc1nc2c(s1)CN(S(=O)(=O)c1ccccc1)CC2)c1cc(F)ccc1F. The Morgan fingerprint density at radius 2 is 1.90 bits per heavy atom. The minimum Gasteiger partial charge on any atom is -0.298 e. The number of nitrogens with one attached hydrogen (secondary N) is 1. The summed E-state index contributed by atoms with van der Waals surface area (Å²) in [4.78, 5) is 17.5. The molecule has 29 heavy (non-hydrogen) atoms. The van der Waals surface area contributed by atoms with E-state index in [0.717, 1.165) is 29.5 Å². The fourth-order valence-electron chi connectivity index (χ4n) is 3.01. The highest BCUT2D eigenvalue weighted by molar-refractivity contribution is 7.89. The fourth-order valence-corrected chi connectivity index (χ4v) is 5.54.